The van der Waals surface area contributed by atoms with Crippen LogP contribution in [0.3, 0.4) is 0 Å². The van der Waals surface area contributed by atoms with Crippen LogP contribution in [0.1, 0.15) is 29.7 Å². The number of hydrogen-bond donors (Lipinski definition) is 1. The normalized spacial score (nSPS) is 16.0. The number of fused-ring (bicyclic) bond motifs is 1. The third-order valence-electron chi connectivity index (χ3n) is 3.94. The van der Waals surface area contributed by atoms with Gasteiger partial charge in [0.1, 0.15) is 5.75 Å². The molecule has 1 heterocycles. The van der Waals surface area contributed by atoms with Gasteiger partial charge in [0.15, 0.2) is 0 Å². The highest BCUT2D eigenvalue weighted by atomic mass is 16.5. The van der Waals surface area contributed by atoms with Gasteiger partial charge in [-0.05, 0) is 31.4 Å². The Morgan fingerprint density at radius 2 is 2.24 bits per heavy atom. The third-order valence-corrected chi connectivity index (χ3v) is 3.94. The van der Waals surface area contributed by atoms with Crippen molar-refractivity contribution in [3.05, 3.63) is 47.3 Å². The summed E-state index contributed by atoms with van der Waals surface area (Å²) in [6.07, 6.45) is 5.40. The maximum Gasteiger partial charge on any atom is 0.123 e. The summed E-state index contributed by atoms with van der Waals surface area (Å²) in [4.78, 5) is 0. The molecule has 0 amide bonds. The molecule has 1 N–H and O–H groups in total. The summed E-state index contributed by atoms with van der Waals surface area (Å²) in [5, 5.41) is 16.7. The molecule has 21 heavy (non-hydrogen) atoms. The van der Waals surface area contributed by atoms with Crippen LogP contribution in [0, 0.1) is 0 Å². The minimum Gasteiger partial charge on any atom is -0.493 e. The SMILES string of the molecule is Cn1nccc1CCOc1cccc2c1CCC/C2=N\O. The van der Waals surface area contributed by atoms with Crippen LogP contribution in [0.2, 0.25) is 0 Å². The van der Waals surface area contributed by atoms with E-state index in [1.807, 2.05) is 36.0 Å². The lowest BCUT2D eigenvalue weighted by molar-refractivity contribution is 0.312. The van der Waals surface area contributed by atoms with Crippen molar-refractivity contribution < 1.29 is 9.94 Å². The second kappa shape index (κ2) is 5.99. The molecule has 0 bridgehead atoms. The quantitative estimate of drug-likeness (QED) is 0.693. The van der Waals surface area contributed by atoms with Gasteiger partial charge in [0.05, 0.1) is 12.3 Å². The Bertz CT molecular complexity index is 661. The van der Waals surface area contributed by atoms with Crippen LogP contribution in [-0.4, -0.2) is 27.3 Å². The molecule has 5 heteroatoms. The van der Waals surface area contributed by atoms with Crippen molar-refractivity contribution in [2.45, 2.75) is 25.7 Å². The van der Waals surface area contributed by atoms with E-state index in [1.54, 1.807) is 6.20 Å². The molecule has 0 atom stereocenters. The second-order valence-electron chi connectivity index (χ2n) is 5.23. The van der Waals surface area contributed by atoms with Gasteiger partial charge in [0.2, 0.25) is 0 Å². The maximum absolute atomic E-state index is 9.10. The number of aromatic nitrogens is 2. The van der Waals surface area contributed by atoms with Crippen LogP contribution in [-0.2, 0) is 19.9 Å². The predicted octanol–water partition coefficient (Wildman–Crippen LogP) is 2.56. The van der Waals surface area contributed by atoms with E-state index in [1.165, 1.54) is 0 Å². The molecule has 2 aromatic rings. The molecule has 0 saturated carbocycles. The van der Waals surface area contributed by atoms with E-state index in [0.29, 0.717) is 6.61 Å². The summed E-state index contributed by atoms with van der Waals surface area (Å²) < 4.78 is 7.81. The summed E-state index contributed by atoms with van der Waals surface area (Å²) in [5.74, 6) is 0.899. The Morgan fingerprint density at radius 3 is 3.00 bits per heavy atom. The number of ether oxygens (including phenoxy) is 1. The first-order valence-electron chi connectivity index (χ1n) is 7.22. The predicted molar refractivity (Wildman–Crippen MR) is 80.1 cm³/mol. The van der Waals surface area contributed by atoms with Gasteiger partial charge in [-0.25, -0.2) is 0 Å². The average Bonchev–Trinajstić information content (AvgIpc) is 2.92. The van der Waals surface area contributed by atoms with E-state index in [2.05, 4.69) is 10.3 Å². The van der Waals surface area contributed by atoms with E-state index in [0.717, 1.165) is 54.0 Å². The number of aryl methyl sites for hydroxylation is 1. The van der Waals surface area contributed by atoms with Gasteiger partial charge in [-0.1, -0.05) is 17.3 Å². The molecular weight excluding hydrogens is 266 g/mol. The van der Waals surface area contributed by atoms with Crippen LogP contribution < -0.4 is 4.74 Å². The lowest BCUT2D eigenvalue weighted by atomic mass is 9.89. The Kier molecular flexibility index (Phi) is 3.90. The second-order valence-corrected chi connectivity index (χ2v) is 5.23. The van der Waals surface area contributed by atoms with Gasteiger partial charge in [-0.15, -0.1) is 0 Å². The zero-order chi connectivity index (χ0) is 14.7. The van der Waals surface area contributed by atoms with Gasteiger partial charge in [-0.3, -0.25) is 4.68 Å². The number of oxime groups is 1. The van der Waals surface area contributed by atoms with Crippen molar-refractivity contribution in [2.75, 3.05) is 6.61 Å². The molecule has 5 nitrogen and oxygen atoms in total. The fraction of sp³-hybridized carbons (Fsp3) is 0.375. The molecular formula is C16H19N3O2. The van der Waals surface area contributed by atoms with E-state index >= 15 is 0 Å². The number of hydrogen-bond acceptors (Lipinski definition) is 4. The fourth-order valence-corrected chi connectivity index (χ4v) is 2.81. The number of rotatable bonds is 4. The lowest BCUT2D eigenvalue weighted by Gasteiger charge is -2.20. The summed E-state index contributed by atoms with van der Waals surface area (Å²) in [6, 6.07) is 7.94. The third kappa shape index (κ3) is 2.77. The van der Waals surface area contributed by atoms with Crippen molar-refractivity contribution in [3.8, 4) is 5.75 Å². The van der Waals surface area contributed by atoms with Crippen LogP contribution in [0.15, 0.2) is 35.6 Å². The van der Waals surface area contributed by atoms with Gasteiger partial charge in [0, 0.05) is 36.5 Å². The molecule has 0 radical (unpaired) electrons. The topological polar surface area (TPSA) is 59.6 Å². The molecule has 0 unspecified atom stereocenters. The fourth-order valence-electron chi connectivity index (χ4n) is 2.81. The first-order chi connectivity index (χ1) is 10.3. The summed E-state index contributed by atoms with van der Waals surface area (Å²) in [5.41, 5.74) is 4.08. The van der Waals surface area contributed by atoms with Crippen molar-refractivity contribution in [1.82, 2.24) is 9.78 Å². The molecule has 1 aromatic heterocycles. The van der Waals surface area contributed by atoms with Crippen molar-refractivity contribution >= 4 is 5.71 Å². The Balaban J connectivity index is 1.73. The highest BCUT2D eigenvalue weighted by Crippen LogP contribution is 2.30. The molecule has 0 aliphatic heterocycles. The first-order valence-corrected chi connectivity index (χ1v) is 7.22. The standard InChI is InChI=1S/C16H19N3O2/c1-19-12(8-10-17-19)9-11-21-16-7-3-4-13-14(16)5-2-6-15(13)18-20/h3-4,7-8,10,20H,2,5-6,9,11H2,1H3/b18-15+. The number of nitrogens with zero attached hydrogens (tertiary/aromatic N) is 3. The molecule has 110 valence electrons. The zero-order valence-corrected chi connectivity index (χ0v) is 12.1. The summed E-state index contributed by atoms with van der Waals surface area (Å²) >= 11 is 0. The maximum atomic E-state index is 9.10. The van der Waals surface area contributed by atoms with Crippen LogP contribution in [0.25, 0.3) is 0 Å². The summed E-state index contributed by atoms with van der Waals surface area (Å²) in [6.45, 7) is 0.613. The number of benzene rings is 1. The van der Waals surface area contributed by atoms with Crippen LogP contribution in [0.4, 0.5) is 0 Å². The smallest absolute Gasteiger partial charge is 0.123 e. The lowest BCUT2D eigenvalue weighted by Crippen LogP contribution is -2.14. The molecule has 0 saturated heterocycles. The highest BCUT2D eigenvalue weighted by Gasteiger charge is 2.19. The minimum absolute atomic E-state index is 0.613. The van der Waals surface area contributed by atoms with E-state index < -0.39 is 0 Å². The minimum atomic E-state index is 0.613. The molecule has 1 aliphatic carbocycles. The van der Waals surface area contributed by atoms with Crippen molar-refractivity contribution in [3.63, 3.8) is 0 Å². The average molecular weight is 285 g/mol. The van der Waals surface area contributed by atoms with Crippen molar-refractivity contribution in [1.29, 1.82) is 0 Å². The van der Waals surface area contributed by atoms with Crippen molar-refractivity contribution in [2.24, 2.45) is 12.2 Å². The summed E-state index contributed by atoms with van der Waals surface area (Å²) in [7, 11) is 1.93. The largest absolute Gasteiger partial charge is 0.493 e. The van der Waals surface area contributed by atoms with E-state index in [-0.39, 0.29) is 0 Å². The van der Waals surface area contributed by atoms with E-state index in [9.17, 15) is 0 Å². The van der Waals surface area contributed by atoms with Crippen LogP contribution >= 0.6 is 0 Å². The van der Waals surface area contributed by atoms with Gasteiger partial charge in [0.25, 0.3) is 0 Å². The monoisotopic (exact) mass is 285 g/mol. The molecule has 1 aliphatic rings. The molecule has 1 aromatic carbocycles. The van der Waals surface area contributed by atoms with Crippen LogP contribution in [0.5, 0.6) is 5.75 Å². The Morgan fingerprint density at radius 1 is 1.33 bits per heavy atom. The van der Waals surface area contributed by atoms with Gasteiger partial charge < -0.3 is 9.94 Å². The van der Waals surface area contributed by atoms with Gasteiger partial charge in [-0.2, -0.15) is 5.10 Å². The molecule has 0 spiro atoms. The Labute approximate surface area is 123 Å². The van der Waals surface area contributed by atoms with Gasteiger partial charge >= 0.3 is 0 Å². The van der Waals surface area contributed by atoms with E-state index in [4.69, 9.17) is 9.94 Å². The zero-order valence-electron chi connectivity index (χ0n) is 12.1. The molecule has 0 fully saturated rings. The molecule has 3 rings (SSSR count). The highest BCUT2D eigenvalue weighted by molar-refractivity contribution is 6.02. The first kappa shape index (κ1) is 13.7. The Hall–Kier alpha value is -2.30.